The minimum absolute atomic E-state index is 0.111. The Morgan fingerprint density at radius 2 is 1.92 bits per heavy atom. The summed E-state index contributed by atoms with van der Waals surface area (Å²) < 4.78 is 28.6. The standard InChI is InChI=1S/C14H11N5O4S/c20-14(21)10-3-1-6-13(7-10)24(22,23)16-11-4-2-5-12(8-11)19-9-15-17-18-19/h1-9,16H,(H,20,21). The lowest BCUT2D eigenvalue weighted by Gasteiger charge is -2.09. The molecule has 0 unspecified atom stereocenters. The number of aromatic carboxylic acids is 1. The quantitative estimate of drug-likeness (QED) is 0.710. The second-order valence-corrected chi connectivity index (χ2v) is 6.43. The van der Waals surface area contributed by atoms with Gasteiger partial charge in [0.1, 0.15) is 6.33 Å². The first-order valence-electron chi connectivity index (χ1n) is 6.65. The molecule has 0 bridgehead atoms. The fourth-order valence-electron chi connectivity index (χ4n) is 2.00. The fourth-order valence-corrected chi connectivity index (χ4v) is 3.10. The van der Waals surface area contributed by atoms with Crippen molar-refractivity contribution in [1.29, 1.82) is 0 Å². The van der Waals surface area contributed by atoms with E-state index in [9.17, 15) is 13.2 Å². The molecule has 0 amide bonds. The minimum Gasteiger partial charge on any atom is -0.478 e. The van der Waals surface area contributed by atoms with Crippen LogP contribution in [-0.2, 0) is 10.0 Å². The SMILES string of the molecule is O=C(O)c1cccc(S(=O)(=O)Nc2cccc(-n3cnnn3)c2)c1. The van der Waals surface area contributed by atoms with Crippen LogP contribution in [0.3, 0.4) is 0 Å². The van der Waals surface area contributed by atoms with Crippen molar-refractivity contribution in [3.05, 3.63) is 60.4 Å². The average Bonchev–Trinajstić information content (AvgIpc) is 3.09. The third-order valence-corrected chi connectivity index (χ3v) is 4.48. The highest BCUT2D eigenvalue weighted by Gasteiger charge is 2.16. The molecule has 10 heteroatoms. The zero-order valence-electron chi connectivity index (χ0n) is 12.1. The second-order valence-electron chi connectivity index (χ2n) is 4.74. The number of carboxylic acids is 1. The van der Waals surface area contributed by atoms with Crippen LogP contribution in [0.4, 0.5) is 5.69 Å². The van der Waals surface area contributed by atoms with Crippen molar-refractivity contribution in [2.75, 3.05) is 4.72 Å². The van der Waals surface area contributed by atoms with E-state index in [0.29, 0.717) is 11.4 Å². The van der Waals surface area contributed by atoms with Gasteiger partial charge in [-0.1, -0.05) is 12.1 Å². The number of nitrogens with one attached hydrogen (secondary N) is 1. The lowest BCUT2D eigenvalue weighted by molar-refractivity contribution is 0.0696. The monoisotopic (exact) mass is 345 g/mol. The molecule has 24 heavy (non-hydrogen) atoms. The number of tetrazole rings is 1. The Morgan fingerprint density at radius 1 is 1.12 bits per heavy atom. The molecule has 0 fully saturated rings. The molecule has 0 saturated heterocycles. The van der Waals surface area contributed by atoms with Crippen LogP contribution < -0.4 is 4.72 Å². The van der Waals surface area contributed by atoms with E-state index in [-0.39, 0.29) is 10.5 Å². The summed E-state index contributed by atoms with van der Waals surface area (Å²) in [6.07, 6.45) is 1.38. The average molecular weight is 345 g/mol. The van der Waals surface area contributed by atoms with Gasteiger partial charge in [-0.25, -0.2) is 17.9 Å². The zero-order valence-corrected chi connectivity index (χ0v) is 12.9. The highest BCUT2D eigenvalue weighted by Crippen LogP contribution is 2.19. The third kappa shape index (κ3) is 3.22. The zero-order chi connectivity index (χ0) is 17.2. The van der Waals surface area contributed by atoms with Crippen LogP contribution in [0.5, 0.6) is 0 Å². The van der Waals surface area contributed by atoms with Crippen LogP contribution in [0.15, 0.2) is 59.8 Å². The number of nitrogens with zero attached hydrogens (tertiary/aromatic N) is 4. The highest BCUT2D eigenvalue weighted by molar-refractivity contribution is 7.92. The third-order valence-electron chi connectivity index (χ3n) is 3.10. The number of carboxylic acid groups (broad SMARTS) is 1. The van der Waals surface area contributed by atoms with Crippen molar-refractivity contribution in [2.24, 2.45) is 0 Å². The Balaban J connectivity index is 1.91. The van der Waals surface area contributed by atoms with Gasteiger partial charge in [-0.05, 0) is 46.8 Å². The van der Waals surface area contributed by atoms with Gasteiger partial charge in [-0.15, -0.1) is 5.10 Å². The maximum Gasteiger partial charge on any atom is 0.335 e. The topological polar surface area (TPSA) is 127 Å². The van der Waals surface area contributed by atoms with E-state index in [2.05, 4.69) is 20.2 Å². The molecule has 9 nitrogen and oxygen atoms in total. The normalized spacial score (nSPS) is 11.2. The first-order valence-corrected chi connectivity index (χ1v) is 8.14. The van der Waals surface area contributed by atoms with Crippen LogP contribution in [0.2, 0.25) is 0 Å². The number of hydrogen-bond donors (Lipinski definition) is 2. The first kappa shape index (κ1) is 15.6. The Hall–Kier alpha value is -3.27. The molecule has 0 aliphatic heterocycles. The summed E-state index contributed by atoms with van der Waals surface area (Å²) in [4.78, 5) is 10.8. The van der Waals surface area contributed by atoms with Gasteiger partial charge in [0, 0.05) is 0 Å². The van der Waals surface area contributed by atoms with E-state index >= 15 is 0 Å². The van der Waals surface area contributed by atoms with Gasteiger partial charge in [0.05, 0.1) is 21.8 Å². The summed E-state index contributed by atoms with van der Waals surface area (Å²) in [6.45, 7) is 0. The van der Waals surface area contributed by atoms with Crippen molar-refractivity contribution in [2.45, 2.75) is 4.90 Å². The van der Waals surface area contributed by atoms with Crippen LogP contribution in [0, 0.1) is 0 Å². The van der Waals surface area contributed by atoms with Gasteiger partial charge in [0.2, 0.25) is 0 Å². The number of benzene rings is 2. The number of rotatable bonds is 5. The number of aromatic nitrogens is 4. The molecular formula is C14H11N5O4S. The summed E-state index contributed by atoms with van der Waals surface area (Å²) >= 11 is 0. The van der Waals surface area contributed by atoms with Gasteiger partial charge in [-0.2, -0.15) is 0 Å². The smallest absolute Gasteiger partial charge is 0.335 e. The van der Waals surface area contributed by atoms with Gasteiger partial charge < -0.3 is 5.11 Å². The predicted molar refractivity (Wildman–Crippen MR) is 83.4 cm³/mol. The summed E-state index contributed by atoms with van der Waals surface area (Å²) in [6, 6.07) is 11.6. The molecule has 2 aromatic carbocycles. The first-order chi connectivity index (χ1) is 11.5. The molecule has 1 aromatic heterocycles. The molecule has 122 valence electrons. The van der Waals surface area contributed by atoms with Crippen molar-refractivity contribution in [1.82, 2.24) is 20.2 Å². The maximum atomic E-state index is 12.4. The molecule has 2 N–H and O–H groups in total. The van der Waals surface area contributed by atoms with E-state index in [1.807, 2.05) is 0 Å². The number of carbonyl (C=O) groups is 1. The number of sulfonamides is 1. The summed E-state index contributed by atoms with van der Waals surface area (Å²) in [7, 11) is -3.93. The fraction of sp³-hybridized carbons (Fsp3) is 0. The maximum absolute atomic E-state index is 12.4. The molecule has 0 atom stereocenters. The largest absolute Gasteiger partial charge is 0.478 e. The summed E-state index contributed by atoms with van der Waals surface area (Å²) in [5, 5.41) is 19.7. The summed E-state index contributed by atoms with van der Waals surface area (Å²) in [5.41, 5.74) is 0.753. The van der Waals surface area contributed by atoms with Crippen molar-refractivity contribution >= 4 is 21.7 Å². The Kier molecular flexibility index (Phi) is 3.96. The Bertz CT molecular complexity index is 986. The molecule has 3 rings (SSSR count). The van der Waals surface area contributed by atoms with Crippen LogP contribution in [0.1, 0.15) is 10.4 Å². The van der Waals surface area contributed by atoms with E-state index in [1.165, 1.54) is 29.2 Å². The molecule has 1 heterocycles. The molecule has 0 aliphatic rings. The number of hydrogen-bond acceptors (Lipinski definition) is 6. The van der Waals surface area contributed by atoms with Crippen LogP contribution >= 0.6 is 0 Å². The van der Waals surface area contributed by atoms with Gasteiger partial charge in [0.15, 0.2) is 0 Å². The van der Waals surface area contributed by atoms with Gasteiger partial charge in [-0.3, -0.25) is 4.72 Å². The van der Waals surface area contributed by atoms with Crippen molar-refractivity contribution in [3.63, 3.8) is 0 Å². The van der Waals surface area contributed by atoms with E-state index in [4.69, 9.17) is 5.11 Å². The highest BCUT2D eigenvalue weighted by atomic mass is 32.2. The molecule has 0 spiro atoms. The van der Waals surface area contributed by atoms with Crippen molar-refractivity contribution in [3.8, 4) is 5.69 Å². The molecule has 0 saturated carbocycles. The van der Waals surface area contributed by atoms with E-state index in [1.54, 1.807) is 24.3 Å². The van der Waals surface area contributed by atoms with Crippen LogP contribution in [-0.4, -0.2) is 39.7 Å². The van der Waals surface area contributed by atoms with Gasteiger partial charge in [0.25, 0.3) is 10.0 Å². The van der Waals surface area contributed by atoms with Gasteiger partial charge >= 0.3 is 5.97 Å². The second kappa shape index (κ2) is 6.08. The predicted octanol–water partition coefficient (Wildman–Crippen LogP) is 1.16. The minimum atomic E-state index is -3.93. The Labute approximate surface area is 136 Å². The Morgan fingerprint density at radius 3 is 2.62 bits per heavy atom. The number of anilines is 1. The summed E-state index contributed by atoms with van der Waals surface area (Å²) in [5.74, 6) is -1.20. The van der Waals surface area contributed by atoms with Crippen molar-refractivity contribution < 1.29 is 18.3 Å². The van der Waals surface area contributed by atoms with E-state index in [0.717, 1.165) is 6.07 Å². The van der Waals surface area contributed by atoms with E-state index < -0.39 is 16.0 Å². The molecule has 0 aliphatic carbocycles. The molecule has 0 radical (unpaired) electrons. The lowest BCUT2D eigenvalue weighted by Crippen LogP contribution is -2.14. The lowest BCUT2D eigenvalue weighted by atomic mass is 10.2. The van der Waals surface area contributed by atoms with Crippen LogP contribution in [0.25, 0.3) is 5.69 Å². The molecular weight excluding hydrogens is 334 g/mol. The molecule has 3 aromatic rings.